The predicted molar refractivity (Wildman–Crippen MR) is 95.8 cm³/mol. The summed E-state index contributed by atoms with van der Waals surface area (Å²) < 4.78 is 0. The van der Waals surface area contributed by atoms with Crippen LogP contribution in [0.5, 0.6) is 0 Å². The van der Waals surface area contributed by atoms with Crippen molar-refractivity contribution in [2.75, 3.05) is 0 Å². The van der Waals surface area contributed by atoms with E-state index in [1.165, 1.54) is 89.9 Å². The second kappa shape index (κ2) is 13.6. The summed E-state index contributed by atoms with van der Waals surface area (Å²) in [6.07, 6.45) is 18.7. The molecular weight excluding hydrogens is 256 g/mol. The molecule has 0 aliphatic rings. The number of aliphatic hydroxyl groups is 1. The van der Waals surface area contributed by atoms with E-state index < -0.39 is 5.60 Å². The van der Waals surface area contributed by atoms with Gasteiger partial charge in [0.15, 0.2) is 0 Å². The maximum atomic E-state index is 10.4. The third-order valence-electron chi connectivity index (χ3n) is 4.81. The zero-order valence-electron chi connectivity index (χ0n) is 15.4. The van der Waals surface area contributed by atoms with Crippen LogP contribution in [0.4, 0.5) is 0 Å². The number of rotatable bonds is 15. The quantitative estimate of drug-likeness (QED) is 0.327. The first kappa shape index (κ1) is 21.0. The van der Waals surface area contributed by atoms with Crippen LogP contribution in [0.2, 0.25) is 0 Å². The summed E-state index contributed by atoms with van der Waals surface area (Å²) in [6, 6.07) is 0. The van der Waals surface area contributed by atoms with Gasteiger partial charge in [0.05, 0.1) is 5.60 Å². The molecule has 0 aromatic carbocycles. The molecule has 0 aliphatic carbocycles. The van der Waals surface area contributed by atoms with Crippen LogP contribution in [-0.4, -0.2) is 10.7 Å². The van der Waals surface area contributed by atoms with Crippen molar-refractivity contribution in [2.24, 2.45) is 5.92 Å². The molecule has 1 N–H and O–H groups in total. The molecule has 0 heterocycles. The first-order valence-corrected chi connectivity index (χ1v) is 9.74. The maximum absolute atomic E-state index is 10.4. The van der Waals surface area contributed by atoms with Crippen molar-refractivity contribution < 1.29 is 5.11 Å². The first-order chi connectivity index (χ1) is 10.0. The zero-order chi connectivity index (χ0) is 16.0. The lowest BCUT2D eigenvalue weighted by atomic mass is 9.82. The van der Waals surface area contributed by atoms with E-state index in [0.29, 0.717) is 5.92 Å². The van der Waals surface area contributed by atoms with Crippen LogP contribution in [-0.2, 0) is 0 Å². The minimum Gasteiger partial charge on any atom is -0.390 e. The lowest BCUT2D eigenvalue weighted by Gasteiger charge is -2.29. The lowest BCUT2D eigenvalue weighted by Crippen LogP contribution is -2.30. The van der Waals surface area contributed by atoms with E-state index in [2.05, 4.69) is 13.8 Å². The molecule has 0 amide bonds. The Labute approximate surface area is 134 Å². The van der Waals surface area contributed by atoms with E-state index in [4.69, 9.17) is 0 Å². The van der Waals surface area contributed by atoms with Gasteiger partial charge < -0.3 is 5.11 Å². The molecule has 0 bridgehead atoms. The summed E-state index contributed by atoms with van der Waals surface area (Å²) in [5, 5.41) is 10.4. The van der Waals surface area contributed by atoms with Crippen molar-refractivity contribution in [1.29, 1.82) is 0 Å². The zero-order valence-corrected chi connectivity index (χ0v) is 15.4. The second-order valence-corrected chi connectivity index (χ2v) is 7.46. The smallest absolute Gasteiger partial charge is 0.0619 e. The van der Waals surface area contributed by atoms with Gasteiger partial charge in [-0.3, -0.25) is 0 Å². The Morgan fingerprint density at radius 3 is 1.29 bits per heavy atom. The minimum absolute atomic E-state index is 0.493. The van der Waals surface area contributed by atoms with Gasteiger partial charge in [0.1, 0.15) is 0 Å². The van der Waals surface area contributed by atoms with Crippen molar-refractivity contribution in [2.45, 2.75) is 123 Å². The van der Waals surface area contributed by atoms with E-state index in [-0.39, 0.29) is 0 Å². The van der Waals surface area contributed by atoms with Crippen molar-refractivity contribution >= 4 is 0 Å². The van der Waals surface area contributed by atoms with Gasteiger partial charge in [-0.25, -0.2) is 0 Å². The molecule has 0 aliphatic heterocycles. The third-order valence-corrected chi connectivity index (χ3v) is 4.81. The Kier molecular flexibility index (Phi) is 13.6. The van der Waals surface area contributed by atoms with Crippen LogP contribution < -0.4 is 0 Å². The second-order valence-electron chi connectivity index (χ2n) is 7.46. The van der Waals surface area contributed by atoms with Crippen LogP contribution in [0.1, 0.15) is 118 Å². The van der Waals surface area contributed by atoms with Crippen molar-refractivity contribution in [3.05, 3.63) is 0 Å². The fourth-order valence-corrected chi connectivity index (χ4v) is 3.19. The molecule has 0 saturated carbocycles. The molecule has 0 fully saturated rings. The highest BCUT2D eigenvalue weighted by atomic mass is 16.3. The summed E-state index contributed by atoms with van der Waals surface area (Å²) in [4.78, 5) is 0. The van der Waals surface area contributed by atoms with Crippen LogP contribution in [0, 0.1) is 5.92 Å². The van der Waals surface area contributed by atoms with Crippen molar-refractivity contribution in [3.8, 4) is 0 Å². The fraction of sp³-hybridized carbons (Fsp3) is 1.00. The van der Waals surface area contributed by atoms with Crippen LogP contribution in [0.25, 0.3) is 0 Å². The van der Waals surface area contributed by atoms with Gasteiger partial charge in [0, 0.05) is 0 Å². The molecule has 1 nitrogen and oxygen atoms in total. The maximum Gasteiger partial charge on any atom is 0.0619 e. The number of unbranched alkanes of at least 4 members (excludes halogenated alkanes) is 10. The van der Waals surface area contributed by atoms with E-state index in [1.54, 1.807) is 0 Å². The largest absolute Gasteiger partial charge is 0.390 e. The molecule has 0 spiro atoms. The SMILES string of the molecule is CCCCCCCCC(CCCCCCCC)C(C)(C)O. The normalized spacial score (nSPS) is 12.3. The van der Waals surface area contributed by atoms with Crippen molar-refractivity contribution in [1.82, 2.24) is 0 Å². The van der Waals surface area contributed by atoms with Gasteiger partial charge in [-0.1, -0.05) is 90.9 Å². The van der Waals surface area contributed by atoms with Gasteiger partial charge in [0.2, 0.25) is 0 Å². The lowest BCUT2D eigenvalue weighted by molar-refractivity contribution is 0.00715. The highest BCUT2D eigenvalue weighted by Crippen LogP contribution is 2.28. The Hall–Kier alpha value is -0.0400. The molecule has 0 unspecified atom stereocenters. The summed E-state index contributed by atoms with van der Waals surface area (Å²) in [5.74, 6) is 0.495. The van der Waals surface area contributed by atoms with E-state index in [1.807, 2.05) is 13.8 Å². The monoisotopic (exact) mass is 298 g/mol. The molecule has 0 aromatic rings. The molecule has 0 radical (unpaired) electrons. The first-order valence-electron chi connectivity index (χ1n) is 9.74. The Morgan fingerprint density at radius 1 is 0.619 bits per heavy atom. The summed E-state index contributed by atoms with van der Waals surface area (Å²) >= 11 is 0. The topological polar surface area (TPSA) is 20.2 Å². The van der Waals surface area contributed by atoms with Gasteiger partial charge in [-0.2, -0.15) is 0 Å². The Morgan fingerprint density at radius 2 is 0.952 bits per heavy atom. The predicted octanol–water partition coefficient (Wildman–Crippen LogP) is 6.87. The van der Waals surface area contributed by atoms with Gasteiger partial charge in [-0.05, 0) is 32.6 Å². The van der Waals surface area contributed by atoms with E-state index >= 15 is 0 Å². The summed E-state index contributed by atoms with van der Waals surface area (Å²) in [5.41, 5.74) is -0.493. The molecule has 21 heavy (non-hydrogen) atoms. The molecule has 0 atom stereocenters. The van der Waals surface area contributed by atoms with Crippen LogP contribution in [0.3, 0.4) is 0 Å². The van der Waals surface area contributed by atoms with Crippen LogP contribution >= 0.6 is 0 Å². The molecule has 1 heteroatoms. The highest BCUT2D eigenvalue weighted by molar-refractivity contribution is 4.77. The van der Waals surface area contributed by atoms with Crippen molar-refractivity contribution in [3.63, 3.8) is 0 Å². The molecular formula is C20H42O. The average molecular weight is 299 g/mol. The third kappa shape index (κ3) is 13.4. The van der Waals surface area contributed by atoms with Gasteiger partial charge in [-0.15, -0.1) is 0 Å². The van der Waals surface area contributed by atoms with E-state index in [0.717, 1.165) is 0 Å². The summed E-state index contributed by atoms with van der Waals surface area (Å²) in [6.45, 7) is 8.55. The molecule has 0 rings (SSSR count). The van der Waals surface area contributed by atoms with E-state index in [9.17, 15) is 5.11 Å². The molecule has 128 valence electrons. The fourth-order valence-electron chi connectivity index (χ4n) is 3.19. The molecule has 0 saturated heterocycles. The Bertz CT molecular complexity index is 188. The van der Waals surface area contributed by atoms with Gasteiger partial charge in [0.25, 0.3) is 0 Å². The summed E-state index contributed by atoms with van der Waals surface area (Å²) in [7, 11) is 0. The van der Waals surface area contributed by atoms with Gasteiger partial charge >= 0.3 is 0 Å². The molecule has 0 aromatic heterocycles. The number of hydrogen-bond donors (Lipinski definition) is 1. The number of hydrogen-bond acceptors (Lipinski definition) is 1. The average Bonchev–Trinajstić information content (AvgIpc) is 2.42. The standard InChI is InChI=1S/C20H42O/c1-5-7-9-11-13-15-17-19(20(3,4)21)18-16-14-12-10-8-6-2/h19,21H,5-18H2,1-4H3. The van der Waals surface area contributed by atoms with Crippen LogP contribution in [0.15, 0.2) is 0 Å². The minimum atomic E-state index is -0.493. The highest BCUT2D eigenvalue weighted by Gasteiger charge is 2.25. The Balaban J connectivity index is 3.74.